The van der Waals surface area contributed by atoms with Crippen LogP contribution in [0.3, 0.4) is 0 Å². The highest BCUT2D eigenvalue weighted by Crippen LogP contribution is 2.36. The molecule has 30 heavy (non-hydrogen) atoms. The van der Waals surface area contributed by atoms with Crippen LogP contribution in [0.5, 0.6) is 0 Å². The maximum Gasteiger partial charge on any atom is 0.424 e. The van der Waals surface area contributed by atoms with Crippen LogP contribution in [0.1, 0.15) is 41.5 Å². The first-order valence-corrected chi connectivity index (χ1v) is 9.80. The third-order valence-corrected chi connectivity index (χ3v) is 4.35. The molecule has 0 bridgehead atoms. The van der Waals surface area contributed by atoms with E-state index in [1.807, 2.05) is 0 Å². The molecule has 0 aliphatic heterocycles. The van der Waals surface area contributed by atoms with E-state index in [9.17, 15) is 24.1 Å². The summed E-state index contributed by atoms with van der Waals surface area (Å²) in [7, 11) is 0. The standard InChI is InChI=1S/C20H23FN2O6S/c1-19(2,3)28-17(24)22(18(25)29-20(4,5)6)13-8-7-12(11-14(13)23(26)27)15-9-10-16(21)30-15/h7-11H,1-6H3. The lowest BCUT2D eigenvalue weighted by molar-refractivity contribution is -0.384. The second kappa shape index (κ2) is 8.39. The van der Waals surface area contributed by atoms with E-state index >= 15 is 0 Å². The minimum atomic E-state index is -1.12. The van der Waals surface area contributed by atoms with Crippen molar-refractivity contribution >= 4 is 34.9 Å². The number of amides is 2. The number of nitro groups is 1. The van der Waals surface area contributed by atoms with Crippen molar-refractivity contribution in [2.45, 2.75) is 52.7 Å². The van der Waals surface area contributed by atoms with Crippen molar-refractivity contribution in [2.24, 2.45) is 0 Å². The molecule has 8 nitrogen and oxygen atoms in total. The number of carbonyl (C=O) groups excluding carboxylic acids is 2. The van der Waals surface area contributed by atoms with Crippen molar-refractivity contribution < 1.29 is 28.4 Å². The highest BCUT2D eigenvalue weighted by Gasteiger charge is 2.36. The number of thiophene rings is 1. The summed E-state index contributed by atoms with van der Waals surface area (Å²) in [6, 6.07) is 6.59. The number of anilines is 1. The Bertz CT molecular complexity index is 946. The number of halogens is 1. The van der Waals surface area contributed by atoms with Crippen LogP contribution in [0, 0.1) is 15.2 Å². The van der Waals surface area contributed by atoms with Gasteiger partial charge in [-0.05, 0) is 65.3 Å². The molecule has 162 valence electrons. The maximum atomic E-state index is 13.4. The molecule has 2 rings (SSSR count). The lowest BCUT2D eigenvalue weighted by Crippen LogP contribution is -2.44. The van der Waals surface area contributed by atoms with Gasteiger partial charge in [-0.1, -0.05) is 6.07 Å². The van der Waals surface area contributed by atoms with Crippen molar-refractivity contribution in [3.05, 3.63) is 45.6 Å². The third-order valence-electron chi connectivity index (χ3n) is 3.42. The molecule has 0 fully saturated rings. The van der Waals surface area contributed by atoms with Gasteiger partial charge in [-0.3, -0.25) is 10.1 Å². The highest BCUT2D eigenvalue weighted by atomic mass is 32.1. The Balaban J connectivity index is 2.59. The Morgan fingerprint density at radius 2 is 1.53 bits per heavy atom. The largest absolute Gasteiger partial charge is 0.443 e. The van der Waals surface area contributed by atoms with Crippen molar-refractivity contribution in [2.75, 3.05) is 4.90 Å². The Morgan fingerprint density at radius 3 is 1.93 bits per heavy atom. The van der Waals surface area contributed by atoms with Gasteiger partial charge in [0.15, 0.2) is 5.13 Å². The third kappa shape index (κ3) is 5.99. The smallest absolute Gasteiger partial charge is 0.424 e. The normalized spacial score (nSPS) is 11.7. The summed E-state index contributed by atoms with van der Waals surface area (Å²) in [4.78, 5) is 37.5. The number of benzene rings is 1. The average Bonchev–Trinajstić information content (AvgIpc) is 2.98. The Hall–Kier alpha value is -3.01. The number of hydrogen-bond acceptors (Lipinski definition) is 7. The topological polar surface area (TPSA) is 99.0 Å². The quantitative estimate of drug-likeness (QED) is 0.422. The minimum absolute atomic E-state index is 0.315. The van der Waals surface area contributed by atoms with Gasteiger partial charge in [0.1, 0.15) is 16.9 Å². The number of nitro benzene ring substituents is 1. The van der Waals surface area contributed by atoms with Gasteiger partial charge in [-0.15, -0.1) is 11.3 Å². The van der Waals surface area contributed by atoms with Gasteiger partial charge in [0.2, 0.25) is 0 Å². The molecular weight excluding hydrogens is 415 g/mol. The van der Waals surface area contributed by atoms with E-state index in [-0.39, 0.29) is 5.69 Å². The first kappa shape index (κ1) is 23.3. The summed E-state index contributed by atoms with van der Waals surface area (Å²) in [6.07, 6.45) is -2.23. The van der Waals surface area contributed by atoms with E-state index in [0.717, 1.165) is 11.3 Å². The zero-order chi connectivity index (χ0) is 22.9. The minimum Gasteiger partial charge on any atom is -0.443 e. The van der Waals surface area contributed by atoms with Crippen molar-refractivity contribution in [1.29, 1.82) is 0 Å². The molecule has 10 heteroatoms. The SMILES string of the molecule is CC(C)(C)OC(=O)N(C(=O)OC(C)(C)C)c1ccc(-c2ccc(F)s2)cc1[N+](=O)[O-]. The van der Waals surface area contributed by atoms with Crippen LogP contribution in [0.15, 0.2) is 30.3 Å². The number of ether oxygens (including phenoxy) is 2. The molecule has 0 saturated carbocycles. The summed E-state index contributed by atoms with van der Waals surface area (Å²) in [5.41, 5.74) is -2.39. The lowest BCUT2D eigenvalue weighted by atomic mass is 10.1. The molecule has 1 aromatic heterocycles. The molecule has 2 aromatic rings. The molecular formula is C20H23FN2O6S. The molecule has 0 spiro atoms. The Morgan fingerprint density at radius 1 is 1.00 bits per heavy atom. The summed E-state index contributed by atoms with van der Waals surface area (Å²) in [5, 5.41) is 11.3. The summed E-state index contributed by atoms with van der Waals surface area (Å²) < 4.78 is 23.9. The molecule has 1 aromatic carbocycles. The van der Waals surface area contributed by atoms with Gasteiger partial charge in [0.25, 0.3) is 5.69 Å². The van der Waals surface area contributed by atoms with Crippen LogP contribution >= 0.6 is 11.3 Å². The molecule has 0 N–H and O–H groups in total. The molecule has 0 aliphatic rings. The first-order valence-electron chi connectivity index (χ1n) is 8.98. The zero-order valence-electron chi connectivity index (χ0n) is 17.5. The lowest BCUT2D eigenvalue weighted by Gasteiger charge is -2.28. The maximum absolute atomic E-state index is 13.4. The average molecular weight is 438 g/mol. The summed E-state index contributed by atoms with van der Waals surface area (Å²) in [6.45, 7) is 9.59. The fraction of sp³-hybridized carbons (Fsp3) is 0.400. The predicted molar refractivity (Wildman–Crippen MR) is 111 cm³/mol. The zero-order valence-corrected chi connectivity index (χ0v) is 18.3. The van der Waals surface area contributed by atoms with E-state index in [1.165, 1.54) is 30.3 Å². The van der Waals surface area contributed by atoms with E-state index in [1.54, 1.807) is 41.5 Å². The molecule has 0 unspecified atom stereocenters. The molecule has 0 aliphatic carbocycles. The van der Waals surface area contributed by atoms with Crippen LogP contribution in [0.25, 0.3) is 10.4 Å². The number of rotatable bonds is 3. The second-order valence-corrected chi connectivity index (χ2v) is 9.39. The predicted octanol–water partition coefficient (Wildman–Crippen LogP) is 6.14. The molecule has 2 amide bonds. The monoisotopic (exact) mass is 438 g/mol. The first-order chi connectivity index (χ1) is 13.7. The fourth-order valence-corrected chi connectivity index (χ4v) is 3.09. The Kier molecular flexibility index (Phi) is 6.51. The van der Waals surface area contributed by atoms with Crippen molar-refractivity contribution in [1.82, 2.24) is 0 Å². The summed E-state index contributed by atoms with van der Waals surface area (Å²) >= 11 is 0.818. The van der Waals surface area contributed by atoms with Crippen molar-refractivity contribution in [3.8, 4) is 10.4 Å². The van der Waals surface area contributed by atoms with Gasteiger partial charge in [-0.25, -0.2) is 9.59 Å². The molecule has 0 radical (unpaired) electrons. The highest BCUT2D eigenvalue weighted by molar-refractivity contribution is 7.13. The van der Waals surface area contributed by atoms with Crippen molar-refractivity contribution in [3.63, 3.8) is 0 Å². The van der Waals surface area contributed by atoms with Crippen LogP contribution < -0.4 is 4.90 Å². The van der Waals surface area contributed by atoms with E-state index in [0.29, 0.717) is 15.3 Å². The van der Waals surface area contributed by atoms with E-state index < -0.39 is 39.1 Å². The number of carbonyl (C=O) groups is 2. The summed E-state index contributed by atoms with van der Waals surface area (Å²) in [5.74, 6) is 0. The van der Waals surface area contributed by atoms with E-state index in [2.05, 4.69) is 0 Å². The fourth-order valence-electron chi connectivity index (χ4n) is 2.37. The number of imide groups is 1. The van der Waals surface area contributed by atoms with Gasteiger partial charge >= 0.3 is 12.2 Å². The van der Waals surface area contributed by atoms with Crippen LogP contribution in [0.4, 0.5) is 25.4 Å². The van der Waals surface area contributed by atoms with E-state index in [4.69, 9.17) is 9.47 Å². The van der Waals surface area contributed by atoms with Crippen LogP contribution in [0.2, 0.25) is 0 Å². The van der Waals surface area contributed by atoms with Gasteiger partial charge in [0.05, 0.1) is 4.92 Å². The molecule has 1 heterocycles. The van der Waals surface area contributed by atoms with Gasteiger partial charge < -0.3 is 9.47 Å². The van der Waals surface area contributed by atoms with Crippen LogP contribution in [-0.4, -0.2) is 28.3 Å². The number of nitrogens with zero attached hydrogens (tertiary/aromatic N) is 2. The second-order valence-electron chi connectivity index (χ2n) is 8.36. The molecule has 0 saturated heterocycles. The molecule has 0 atom stereocenters. The van der Waals surface area contributed by atoms with Gasteiger partial charge in [-0.2, -0.15) is 9.29 Å². The Labute approximate surface area is 177 Å². The van der Waals surface area contributed by atoms with Gasteiger partial charge in [0, 0.05) is 10.9 Å². The number of hydrogen-bond donors (Lipinski definition) is 0. The van der Waals surface area contributed by atoms with Crippen LogP contribution in [-0.2, 0) is 9.47 Å².